The first-order valence-corrected chi connectivity index (χ1v) is 12.0. The minimum Gasteiger partial charge on any atom is -0.309 e. The van der Waals surface area contributed by atoms with Crippen LogP contribution in [0.3, 0.4) is 0 Å². The summed E-state index contributed by atoms with van der Waals surface area (Å²) in [6, 6.07) is 1.30. The number of hydrogen-bond donors (Lipinski definition) is 1. The van der Waals surface area contributed by atoms with Gasteiger partial charge in [0.1, 0.15) is 0 Å². The van der Waals surface area contributed by atoms with Gasteiger partial charge in [-0.25, -0.2) is 0 Å². The lowest BCUT2D eigenvalue weighted by molar-refractivity contribution is 0.167. The largest absolute Gasteiger partial charge is 0.309 e. The Balaban J connectivity index is 1.82. The second-order valence-corrected chi connectivity index (χ2v) is 8.55. The van der Waals surface area contributed by atoms with Crippen molar-refractivity contribution >= 4 is 6.21 Å². The maximum atomic E-state index is 4.76. The van der Waals surface area contributed by atoms with Crippen LogP contribution in [0.2, 0.25) is 0 Å². The molecule has 1 N–H and O–H groups in total. The molecule has 1 heterocycles. The van der Waals surface area contributed by atoms with Crippen LogP contribution in [0, 0.1) is 0 Å². The highest BCUT2D eigenvalue weighted by Gasteiger charge is 2.18. The van der Waals surface area contributed by atoms with Gasteiger partial charge in [0.2, 0.25) is 0 Å². The molecule has 1 aliphatic heterocycles. The van der Waals surface area contributed by atoms with E-state index in [2.05, 4.69) is 35.5 Å². The fourth-order valence-corrected chi connectivity index (χ4v) is 4.45. The first-order valence-electron chi connectivity index (χ1n) is 12.0. The highest BCUT2D eigenvalue weighted by Crippen LogP contribution is 2.20. The van der Waals surface area contributed by atoms with E-state index in [0.717, 1.165) is 19.1 Å². The van der Waals surface area contributed by atoms with Crippen molar-refractivity contribution in [2.24, 2.45) is 4.99 Å². The smallest absolute Gasteiger partial charge is 0.0420 e. The van der Waals surface area contributed by atoms with Crippen molar-refractivity contribution in [2.45, 2.75) is 109 Å². The third kappa shape index (κ3) is 10.4. The zero-order valence-electron chi connectivity index (χ0n) is 18.0. The SMILES string of the molecule is CCCCNC1/C=N/CCCN(C2CCC/C=C\CCCCC2)CCCC1. The molecule has 0 amide bonds. The van der Waals surface area contributed by atoms with Gasteiger partial charge in [0.15, 0.2) is 0 Å². The second-order valence-electron chi connectivity index (χ2n) is 8.55. The standard InChI is InChI=1S/C24H45N3/c1-2-3-19-26-23-15-12-13-20-27(21-14-18-25-22-23)24-16-10-8-6-4-5-7-9-11-17-24/h4,6,22-24,26H,2-3,5,7-21H2,1H3/b6-4-,25-22+. The Labute approximate surface area is 169 Å². The molecule has 2 aliphatic rings. The van der Waals surface area contributed by atoms with Crippen LogP contribution in [0.15, 0.2) is 17.1 Å². The van der Waals surface area contributed by atoms with Crippen molar-refractivity contribution < 1.29 is 0 Å². The first-order chi connectivity index (χ1) is 13.4. The van der Waals surface area contributed by atoms with Crippen LogP contribution in [0.25, 0.3) is 0 Å². The molecule has 0 saturated carbocycles. The third-order valence-electron chi connectivity index (χ3n) is 6.16. The molecule has 0 radical (unpaired) electrons. The summed E-state index contributed by atoms with van der Waals surface area (Å²) in [5, 5.41) is 3.70. The van der Waals surface area contributed by atoms with E-state index < -0.39 is 0 Å². The van der Waals surface area contributed by atoms with E-state index in [0.29, 0.717) is 6.04 Å². The van der Waals surface area contributed by atoms with Crippen LogP contribution in [-0.2, 0) is 0 Å². The number of hydrogen-bond acceptors (Lipinski definition) is 3. The fraction of sp³-hybridized carbons (Fsp3) is 0.875. The van der Waals surface area contributed by atoms with Gasteiger partial charge in [-0.05, 0) is 77.3 Å². The molecular formula is C24H45N3. The van der Waals surface area contributed by atoms with Gasteiger partial charge in [-0.3, -0.25) is 4.99 Å². The number of unbranched alkanes of at least 4 members (excludes halogenated alkanes) is 1. The van der Waals surface area contributed by atoms with E-state index >= 15 is 0 Å². The van der Waals surface area contributed by atoms with Gasteiger partial charge >= 0.3 is 0 Å². The zero-order chi connectivity index (χ0) is 19.0. The van der Waals surface area contributed by atoms with Gasteiger partial charge in [-0.1, -0.05) is 44.8 Å². The van der Waals surface area contributed by atoms with Crippen molar-refractivity contribution in [3.8, 4) is 0 Å². The Bertz CT molecular complexity index is 404. The maximum absolute atomic E-state index is 4.76. The lowest BCUT2D eigenvalue weighted by Crippen LogP contribution is -2.37. The van der Waals surface area contributed by atoms with Gasteiger partial charge in [0.25, 0.3) is 0 Å². The van der Waals surface area contributed by atoms with E-state index in [-0.39, 0.29) is 0 Å². The lowest BCUT2D eigenvalue weighted by Gasteiger charge is -2.32. The molecule has 0 fully saturated rings. The van der Waals surface area contributed by atoms with Crippen LogP contribution < -0.4 is 5.32 Å². The second kappa shape index (κ2) is 15.3. The van der Waals surface area contributed by atoms with Gasteiger partial charge in [0, 0.05) is 31.4 Å². The van der Waals surface area contributed by atoms with Crippen LogP contribution >= 0.6 is 0 Å². The molecule has 1 aliphatic carbocycles. The Kier molecular flexibility index (Phi) is 12.8. The third-order valence-corrected chi connectivity index (χ3v) is 6.16. The summed E-state index contributed by atoms with van der Waals surface area (Å²) in [6.07, 6.45) is 25.6. The molecule has 0 bridgehead atoms. The molecule has 2 rings (SSSR count). The summed E-state index contributed by atoms with van der Waals surface area (Å²) in [5.74, 6) is 0. The monoisotopic (exact) mass is 375 g/mol. The van der Waals surface area contributed by atoms with Gasteiger partial charge < -0.3 is 10.2 Å². The minimum absolute atomic E-state index is 0.493. The summed E-state index contributed by atoms with van der Waals surface area (Å²) in [6.45, 7) is 6.93. The Hall–Kier alpha value is -0.670. The van der Waals surface area contributed by atoms with Crippen LogP contribution in [-0.4, -0.2) is 49.4 Å². The highest BCUT2D eigenvalue weighted by molar-refractivity contribution is 5.64. The number of nitrogens with zero attached hydrogens (tertiary/aromatic N) is 2. The maximum Gasteiger partial charge on any atom is 0.0420 e. The van der Waals surface area contributed by atoms with Crippen molar-refractivity contribution in [1.82, 2.24) is 10.2 Å². The Morgan fingerprint density at radius 3 is 2.56 bits per heavy atom. The molecule has 0 aromatic rings. The van der Waals surface area contributed by atoms with Crippen LogP contribution in [0.4, 0.5) is 0 Å². The molecule has 156 valence electrons. The van der Waals surface area contributed by atoms with E-state index in [1.54, 1.807) is 0 Å². The van der Waals surface area contributed by atoms with E-state index in [9.17, 15) is 0 Å². The molecule has 2 unspecified atom stereocenters. The fourth-order valence-electron chi connectivity index (χ4n) is 4.45. The highest BCUT2D eigenvalue weighted by atomic mass is 15.1. The average molecular weight is 376 g/mol. The first kappa shape index (κ1) is 22.6. The molecule has 27 heavy (non-hydrogen) atoms. The molecular weight excluding hydrogens is 330 g/mol. The summed E-state index contributed by atoms with van der Waals surface area (Å²) in [4.78, 5) is 7.60. The Morgan fingerprint density at radius 2 is 1.67 bits per heavy atom. The Morgan fingerprint density at radius 1 is 0.889 bits per heavy atom. The van der Waals surface area contributed by atoms with Gasteiger partial charge in [0.05, 0.1) is 0 Å². The van der Waals surface area contributed by atoms with Gasteiger partial charge in [-0.15, -0.1) is 0 Å². The van der Waals surface area contributed by atoms with Crippen LogP contribution in [0.1, 0.15) is 96.8 Å². The average Bonchev–Trinajstić information content (AvgIpc) is 2.77. The van der Waals surface area contributed by atoms with E-state index in [1.807, 2.05) is 0 Å². The molecule has 0 spiro atoms. The summed E-state index contributed by atoms with van der Waals surface area (Å²) < 4.78 is 0. The molecule has 0 aromatic heterocycles. The quantitative estimate of drug-likeness (QED) is 0.489. The molecule has 2 atom stereocenters. The number of rotatable bonds is 5. The van der Waals surface area contributed by atoms with Gasteiger partial charge in [-0.2, -0.15) is 0 Å². The number of aliphatic imine (C=N–C) groups is 1. The minimum atomic E-state index is 0.493. The summed E-state index contributed by atoms with van der Waals surface area (Å²) >= 11 is 0. The topological polar surface area (TPSA) is 27.6 Å². The molecule has 3 nitrogen and oxygen atoms in total. The number of allylic oxidation sites excluding steroid dienone is 2. The van der Waals surface area contributed by atoms with E-state index in [4.69, 9.17) is 4.99 Å². The summed E-state index contributed by atoms with van der Waals surface area (Å²) in [7, 11) is 0. The predicted octanol–water partition coefficient (Wildman–Crippen LogP) is 5.75. The normalized spacial score (nSPS) is 30.0. The van der Waals surface area contributed by atoms with Crippen molar-refractivity contribution in [1.29, 1.82) is 0 Å². The zero-order valence-corrected chi connectivity index (χ0v) is 18.0. The van der Waals surface area contributed by atoms with Crippen molar-refractivity contribution in [3.63, 3.8) is 0 Å². The molecule has 0 saturated heterocycles. The predicted molar refractivity (Wildman–Crippen MR) is 120 cm³/mol. The molecule has 0 aromatic carbocycles. The van der Waals surface area contributed by atoms with Crippen molar-refractivity contribution in [3.05, 3.63) is 12.2 Å². The summed E-state index contributed by atoms with van der Waals surface area (Å²) in [5.41, 5.74) is 0. The lowest BCUT2D eigenvalue weighted by atomic mass is 10.00. The van der Waals surface area contributed by atoms with Crippen LogP contribution in [0.5, 0.6) is 0 Å². The molecule has 3 heteroatoms. The van der Waals surface area contributed by atoms with E-state index in [1.165, 1.54) is 103 Å². The number of nitrogens with one attached hydrogen (secondary N) is 1. The van der Waals surface area contributed by atoms with Crippen molar-refractivity contribution in [2.75, 3.05) is 26.2 Å².